The molecule has 1 atom stereocenters. The summed E-state index contributed by atoms with van der Waals surface area (Å²) in [6.07, 6.45) is 2.47. The van der Waals surface area contributed by atoms with Crippen molar-refractivity contribution in [3.63, 3.8) is 0 Å². The molecule has 0 bridgehead atoms. The molecule has 1 unspecified atom stereocenters. The van der Waals surface area contributed by atoms with Crippen molar-refractivity contribution >= 4 is 0 Å². The van der Waals surface area contributed by atoms with E-state index in [4.69, 9.17) is 10.5 Å². The molecule has 1 saturated heterocycles. The summed E-state index contributed by atoms with van der Waals surface area (Å²) >= 11 is 0. The van der Waals surface area contributed by atoms with Crippen LogP contribution < -0.4 is 5.73 Å². The van der Waals surface area contributed by atoms with Gasteiger partial charge in [-0.1, -0.05) is 6.92 Å². The lowest BCUT2D eigenvalue weighted by Crippen LogP contribution is -2.57. The van der Waals surface area contributed by atoms with E-state index in [-0.39, 0.29) is 11.2 Å². The highest BCUT2D eigenvalue weighted by atomic mass is 16.5. The second kappa shape index (κ2) is 5.68. The van der Waals surface area contributed by atoms with E-state index in [9.17, 15) is 0 Å². The lowest BCUT2D eigenvalue weighted by molar-refractivity contribution is -0.180. The Labute approximate surface area is 107 Å². The Bertz CT molecular complexity index is 222. The molecule has 0 aromatic heterocycles. The predicted molar refractivity (Wildman–Crippen MR) is 73.1 cm³/mol. The minimum absolute atomic E-state index is 0.0266. The van der Waals surface area contributed by atoms with Crippen LogP contribution in [0.5, 0.6) is 0 Å². The van der Waals surface area contributed by atoms with Gasteiger partial charge in [-0.3, -0.25) is 4.90 Å². The normalized spacial score (nSPS) is 25.8. The van der Waals surface area contributed by atoms with Crippen LogP contribution in [0.3, 0.4) is 0 Å². The average molecular weight is 242 g/mol. The summed E-state index contributed by atoms with van der Waals surface area (Å²) in [5, 5.41) is 0. The molecule has 3 nitrogen and oxygen atoms in total. The molecular weight excluding hydrogens is 212 g/mol. The maximum atomic E-state index is 6.08. The van der Waals surface area contributed by atoms with Crippen LogP contribution in [0.2, 0.25) is 0 Å². The van der Waals surface area contributed by atoms with E-state index in [1.54, 1.807) is 0 Å². The maximum absolute atomic E-state index is 6.08. The van der Waals surface area contributed by atoms with Crippen molar-refractivity contribution in [2.24, 2.45) is 11.7 Å². The number of hydrogen-bond acceptors (Lipinski definition) is 3. The molecule has 0 aromatic rings. The molecule has 3 heteroatoms. The summed E-state index contributed by atoms with van der Waals surface area (Å²) in [4.78, 5) is 2.53. The molecule has 1 aliphatic rings. The SMILES string of the molecule is CC(CN)CCCN1CC(C)(C)OC(C)(C)C1. The maximum Gasteiger partial charge on any atom is 0.0760 e. The standard InChI is InChI=1S/C14H30N2O/c1-12(9-15)7-6-8-16-10-13(2,3)17-14(4,5)11-16/h12H,6-11,15H2,1-5H3. The lowest BCUT2D eigenvalue weighted by Gasteiger charge is -2.47. The summed E-state index contributed by atoms with van der Waals surface area (Å²) in [7, 11) is 0. The Kier molecular flexibility index (Phi) is 4.99. The molecule has 0 amide bonds. The Morgan fingerprint density at radius 1 is 1.18 bits per heavy atom. The summed E-state index contributed by atoms with van der Waals surface area (Å²) in [5.74, 6) is 0.650. The van der Waals surface area contributed by atoms with E-state index in [2.05, 4.69) is 39.5 Å². The average Bonchev–Trinajstić information content (AvgIpc) is 2.12. The highest BCUT2D eigenvalue weighted by Crippen LogP contribution is 2.28. The van der Waals surface area contributed by atoms with E-state index in [0.29, 0.717) is 5.92 Å². The largest absolute Gasteiger partial charge is 0.367 e. The second-order valence-corrected chi connectivity index (χ2v) is 6.82. The first-order chi connectivity index (χ1) is 7.74. The molecule has 17 heavy (non-hydrogen) atoms. The van der Waals surface area contributed by atoms with Crippen LogP contribution in [0.15, 0.2) is 0 Å². The Hall–Kier alpha value is -0.120. The van der Waals surface area contributed by atoms with Crippen LogP contribution in [0.1, 0.15) is 47.5 Å². The fraction of sp³-hybridized carbons (Fsp3) is 1.00. The first-order valence-corrected chi connectivity index (χ1v) is 6.87. The Balaban J connectivity index is 2.38. The third kappa shape index (κ3) is 5.36. The molecule has 1 aliphatic heterocycles. The van der Waals surface area contributed by atoms with Gasteiger partial charge < -0.3 is 10.5 Å². The van der Waals surface area contributed by atoms with Gasteiger partial charge in [-0.05, 0) is 59.5 Å². The van der Waals surface area contributed by atoms with Gasteiger partial charge in [0.05, 0.1) is 11.2 Å². The molecule has 1 rings (SSSR count). The number of ether oxygens (including phenoxy) is 1. The molecule has 1 heterocycles. The van der Waals surface area contributed by atoms with Crippen molar-refractivity contribution in [1.82, 2.24) is 4.90 Å². The zero-order valence-electron chi connectivity index (χ0n) is 12.3. The fourth-order valence-electron chi connectivity index (χ4n) is 2.88. The van der Waals surface area contributed by atoms with Crippen molar-refractivity contribution in [3.05, 3.63) is 0 Å². The summed E-state index contributed by atoms with van der Waals surface area (Å²) < 4.78 is 6.08. The van der Waals surface area contributed by atoms with Gasteiger partial charge in [0.2, 0.25) is 0 Å². The van der Waals surface area contributed by atoms with Crippen LogP contribution in [0.4, 0.5) is 0 Å². The van der Waals surface area contributed by atoms with Gasteiger partial charge in [-0.15, -0.1) is 0 Å². The minimum Gasteiger partial charge on any atom is -0.367 e. The van der Waals surface area contributed by atoms with Crippen molar-refractivity contribution in [1.29, 1.82) is 0 Å². The van der Waals surface area contributed by atoms with E-state index in [0.717, 1.165) is 19.6 Å². The number of nitrogens with two attached hydrogens (primary N) is 1. The van der Waals surface area contributed by atoms with Crippen molar-refractivity contribution in [3.8, 4) is 0 Å². The second-order valence-electron chi connectivity index (χ2n) is 6.82. The van der Waals surface area contributed by atoms with Gasteiger partial charge in [0, 0.05) is 13.1 Å². The Morgan fingerprint density at radius 3 is 2.18 bits per heavy atom. The highest BCUT2D eigenvalue weighted by Gasteiger charge is 2.37. The number of hydrogen-bond donors (Lipinski definition) is 1. The number of morpholine rings is 1. The van der Waals surface area contributed by atoms with Gasteiger partial charge in [-0.25, -0.2) is 0 Å². The third-order valence-electron chi connectivity index (χ3n) is 3.33. The first-order valence-electron chi connectivity index (χ1n) is 6.87. The monoisotopic (exact) mass is 242 g/mol. The van der Waals surface area contributed by atoms with Crippen molar-refractivity contribution < 1.29 is 4.74 Å². The van der Waals surface area contributed by atoms with Gasteiger partial charge in [0.25, 0.3) is 0 Å². The lowest BCUT2D eigenvalue weighted by atomic mass is 9.98. The Morgan fingerprint density at radius 2 is 1.71 bits per heavy atom. The molecule has 1 fully saturated rings. The van der Waals surface area contributed by atoms with Crippen LogP contribution >= 0.6 is 0 Å². The predicted octanol–water partition coefficient (Wildman–Crippen LogP) is 2.25. The fourth-order valence-corrected chi connectivity index (χ4v) is 2.88. The van der Waals surface area contributed by atoms with Crippen molar-refractivity contribution in [2.75, 3.05) is 26.2 Å². The molecule has 0 aliphatic carbocycles. The van der Waals surface area contributed by atoms with Crippen LogP contribution in [-0.4, -0.2) is 42.3 Å². The smallest absolute Gasteiger partial charge is 0.0760 e. The molecule has 2 N–H and O–H groups in total. The quantitative estimate of drug-likeness (QED) is 0.803. The molecule has 0 saturated carbocycles. The van der Waals surface area contributed by atoms with Gasteiger partial charge >= 0.3 is 0 Å². The molecule has 0 aromatic carbocycles. The molecule has 0 radical (unpaired) electrons. The third-order valence-corrected chi connectivity index (χ3v) is 3.33. The van der Waals surface area contributed by atoms with Gasteiger partial charge in [0.15, 0.2) is 0 Å². The van der Waals surface area contributed by atoms with Gasteiger partial charge in [-0.2, -0.15) is 0 Å². The van der Waals surface area contributed by atoms with Crippen LogP contribution in [0.25, 0.3) is 0 Å². The molecular formula is C14H30N2O. The molecule has 102 valence electrons. The van der Waals surface area contributed by atoms with Crippen LogP contribution in [0, 0.1) is 5.92 Å². The number of nitrogens with zero attached hydrogens (tertiary/aromatic N) is 1. The summed E-state index contributed by atoms with van der Waals surface area (Å²) in [6, 6.07) is 0. The first kappa shape index (κ1) is 14.9. The number of rotatable bonds is 5. The zero-order valence-corrected chi connectivity index (χ0v) is 12.3. The molecule has 0 spiro atoms. The highest BCUT2D eigenvalue weighted by molar-refractivity contribution is 4.88. The van der Waals surface area contributed by atoms with E-state index < -0.39 is 0 Å². The zero-order chi connectivity index (χ0) is 13.1. The minimum atomic E-state index is -0.0266. The summed E-state index contributed by atoms with van der Waals surface area (Å²) in [5.41, 5.74) is 5.59. The van der Waals surface area contributed by atoms with Crippen molar-refractivity contribution in [2.45, 2.75) is 58.7 Å². The van der Waals surface area contributed by atoms with E-state index >= 15 is 0 Å². The van der Waals surface area contributed by atoms with Crippen LogP contribution in [-0.2, 0) is 4.74 Å². The van der Waals surface area contributed by atoms with E-state index in [1.807, 2.05) is 0 Å². The summed E-state index contributed by atoms with van der Waals surface area (Å²) in [6.45, 7) is 15.0. The van der Waals surface area contributed by atoms with Gasteiger partial charge in [0.1, 0.15) is 0 Å². The van der Waals surface area contributed by atoms with E-state index in [1.165, 1.54) is 19.4 Å². The topological polar surface area (TPSA) is 38.5 Å².